The summed E-state index contributed by atoms with van der Waals surface area (Å²) in [4.78, 5) is 0. The number of hydrogen-bond donors (Lipinski definition) is 1. The summed E-state index contributed by atoms with van der Waals surface area (Å²) in [6, 6.07) is 0. The van der Waals surface area contributed by atoms with Crippen LogP contribution in [0.5, 0.6) is 0 Å². The van der Waals surface area contributed by atoms with Crippen molar-refractivity contribution in [3.05, 3.63) is 11.9 Å². The van der Waals surface area contributed by atoms with E-state index in [1.54, 1.807) is 0 Å². The minimum Gasteiger partial charge on any atom is -0.317 e. The smallest absolute Gasteiger partial charge is 0.0827 e. The average molecular weight is 252 g/mol. The van der Waals surface area contributed by atoms with Gasteiger partial charge in [0.1, 0.15) is 0 Å². The molecular formula is C14H28N4. The molecule has 1 aromatic rings. The van der Waals surface area contributed by atoms with Crippen LogP contribution in [0.25, 0.3) is 0 Å². The first-order chi connectivity index (χ1) is 8.72. The molecule has 4 nitrogen and oxygen atoms in total. The molecule has 0 radical (unpaired) electrons. The Morgan fingerprint density at radius 1 is 1.22 bits per heavy atom. The zero-order chi connectivity index (χ0) is 13.2. The van der Waals surface area contributed by atoms with Gasteiger partial charge in [0.15, 0.2) is 0 Å². The Balaban J connectivity index is 2.06. The molecule has 0 fully saturated rings. The third-order valence-electron chi connectivity index (χ3n) is 2.85. The second-order valence-electron chi connectivity index (χ2n) is 5.39. The van der Waals surface area contributed by atoms with E-state index in [4.69, 9.17) is 0 Å². The van der Waals surface area contributed by atoms with E-state index in [1.807, 2.05) is 4.68 Å². The highest BCUT2D eigenvalue weighted by molar-refractivity contribution is 4.92. The summed E-state index contributed by atoms with van der Waals surface area (Å²) in [7, 11) is 0. The first-order valence-corrected chi connectivity index (χ1v) is 7.32. The Labute approximate surface area is 111 Å². The third-order valence-corrected chi connectivity index (χ3v) is 2.85. The SMILES string of the molecule is CCCNCCCCCc1cn(CC(C)C)nn1. The second kappa shape index (κ2) is 9.09. The normalized spacial score (nSPS) is 11.3. The summed E-state index contributed by atoms with van der Waals surface area (Å²) in [6.45, 7) is 9.86. The van der Waals surface area contributed by atoms with Gasteiger partial charge in [-0.2, -0.15) is 0 Å². The van der Waals surface area contributed by atoms with Crippen LogP contribution in [-0.4, -0.2) is 28.1 Å². The monoisotopic (exact) mass is 252 g/mol. The Bertz CT molecular complexity index is 306. The fourth-order valence-electron chi connectivity index (χ4n) is 1.95. The van der Waals surface area contributed by atoms with E-state index in [2.05, 4.69) is 42.6 Å². The van der Waals surface area contributed by atoms with E-state index in [1.165, 1.54) is 25.7 Å². The Kier molecular flexibility index (Phi) is 7.65. The van der Waals surface area contributed by atoms with Crippen LogP contribution in [-0.2, 0) is 13.0 Å². The van der Waals surface area contributed by atoms with Gasteiger partial charge in [-0.15, -0.1) is 5.10 Å². The topological polar surface area (TPSA) is 42.7 Å². The molecule has 0 bridgehead atoms. The van der Waals surface area contributed by atoms with Crippen molar-refractivity contribution in [3.63, 3.8) is 0 Å². The zero-order valence-electron chi connectivity index (χ0n) is 12.2. The maximum Gasteiger partial charge on any atom is 0.0827 e. The Hall–Kier alpha value is -0.900. The summed E-state index contributed by atoms with van der Waals surface area (Å²) in [5.74, 6) is 0.629. The average Bonchev–Trinajstić information content (AvgIpc) is 2.75. The van der Waals surface area contributed by atoms with Gasteiger partial charge in [-0.25, -0.2) is 0 Å². The summed E-state index contributed by atoms with van der Waals surface area (Å²) in [5, 5.41) is 11.8. The fourth-order valence-corrected chi connectivity index (χ4v) is 1.95. The van der Waals surface area contributed by atoms with Gasteiger partial charge in [0.2, 0.25) is 0 Å². The molecule has 0 atom stereocenters. The molecule has 0 amide bonds. The molecule has 0 aliphatic rings. The highest BCUT2D eigenvalue weighted by atomic mass is 15.4. The van der Waals surface area contributed by atoms with Gasteiger partial charge in [0, 0.05) is 12.7 Å². The third kappa shape index (κ3) is 6.74. The Morgan fingerprint density at radius 2 is 2.06 bits per heavy atom. The van der Waals surface area contributed by atoms with Crippen molar-refractivity contribution in [2.45, 2.75) is 59.4 Å². The largest absolute Gasteiger partial charge is 0.317 e. The van der Waals surface area contributed by atoms with Crippen molar-refractivity contribution in [3.8, 4) is 0 Å². The summed E-state index contributed by atoms with van der Waals surface area (Å²) >= 11 is 0. The molecule has 1 N–H and O–H groups in total. The molecule has 0 unspecified atom stereocenters. The van der Waals surface area contributed by atoms with E-state index < -0.39 is 0 Å². The maximum atomic E-state index is 4.21. The van der Waals surface area contributed by atoms with Crippen LogP contribution in [0.2, 0.25) is 0 Å². The number of aromatic nitrogens is 3. The minimum absolute atomic E-state index is 0.629. The number of aryl methyl sites for hydroxylation is 1. The molecule has 1 aromatic heterocycles. The summed E-state index contributed by atoms with van der Waals surface area (Å²) in [5.41, 5.74) is 1.14. The molecule has 0 aliphatic carbocycles. The zero-order valence-corrected chi connectivity index (χ0v) is 12.2. The molecular weight excluding hydrogens is 224 g/mol. The number of nitrogens with zero attached hydrogens (tertiary/aromatic N) is 3. The summed E-state index contributed by atoms with van der Waals surface area (Å²) < 4.78 is 1.96. The lowest BCUT2D eigenvalue weighted by atomic mass is 10.1. The van der Waals surface area contributed by atoms with E-state index in [0.29, 0.717) is 5.92 Å². The van der Waals surface area contributed by atoms with Gasteiger partial charge in [-0.05, 0) is 44.7 Å². The molecule has 18 heavy (non-hydrogen) atoms. The predicted molar refractivity (Wildman–Crippen MR) is 75.6 cm³/mol. The van der Waals surface area contributed by atoms with E-state index >= 15 is 0 Å². The van der Waals surface area contributed by atoms with Crippen LogP contribution < -0.4 is 5.32 Å². The van der Waals surface area contributed by atoms with Gasteiger partial charge in [-0.1, -0.05) is 32.4 Å². The second-order valence-corrected chi connectivity index (χ2v) is 5.39. The molecule has 4 heteroatoms. The molecule has 0 saturated heterocycles. The van der Waals surface area contributed by atoms with Gasteiger partial charge in [-0.3, -0.25) is 4.68 Å². The molecule has 0 aliphatic heterocycles. The van der Waals surface area contributed by atoms with E-state index in [0.717, 1.165) is 31.7 Å². The van der Waals surface area contributed by atoms with Gasteiger partial charge in [0.05, 0.1) is 5.69 Å². The maximum absolute atomic E-state index is 4.21. The lowest BCUT2D eigenvalue weighted by Gasteiger charge is -2.02. The molecule has 1 rings (SSSR count). The van der Waals surface area contributed by atoms with Gasteiger partial charge < -0.3 is 5.32 Å². The highest BCUT2D eigenvalue weighted by Gasteiger charge is 2.02. The van der Waals surface area contributed by atoms with Crippen LogP contribution in [0.1, 0.15) is 52.1 Å². The van der Waals surface area contributed by atoms with E-state index in [9.17, 15) is 0 Å². The van der Waals surface area contributed by atoms with Crippen molar-refractivity contribution in [2.75, 3.05) is 13.1 Å². The van der Waals surface area contributed by atoms with Crippen molar-refractivity contribution < 1.29 is 0 Å². The number of nitrogens with one attached hydrogen (secondary N) is 1. The van der Waals surface area contributed by atoms with Gasteiger partial charge >= 0.3 is 0 Å². The first kappa shape index (κ1) is 15.2. The number of hydrogen-bond acceptors (Lipinski definition) is 3. The highest BCUT2D eigenvalue weighted by Crippen LogP contribution is 2.04. The summed E-state index contributed by atoms with van der Waals surface area (Å²) in [6.07, 6.45) is 8.13. The minimum atomic E-state index is 0.629. The fraction of sp³-hybridized carbons (Fsp3) is 0.857. The number of unbranched alkanes of at least 4 members (excludes halogenated alkanes) is 2. The molecule has 0 saturated carbocycles. The standard InChI is InChI=1S/C14H28N4/c1-4-9-15-10-7-5-6-8-14-12-18(17-16-14)11-13(2)3/h12-13,15H,4-11H2,1-3H3. The molecule has 0 aromatic carbocycles. The lowest BCUT2D eigenvalue weighted by molar-refractivity contribution is 0.472. The van der Waals surface area contributed by atoms with Crippen molar-refractivity contribution in [1.29, 1.82) is 0 Å². The van der Waals surface area contributed by atoms with Crippen LogP contribution >= 0.6 is 0 Å². The van der Waals surface area contributed by atoms with Crippen LogP contribution in [0.15, 0.2) is 6.20 Å². The quantitative estimate of drug-likeness (QED) is 0.651. The number of rotatable bonds is 10. The molecule has 1 heterocycles. The van der Waals surface area contributed by atoms with Crippen molar-refractivity contribution in [1.82, 2.24) is 20.3 Å². The molecule has 0 spiro atoms. The van der Waals surface area contributed by atoms with Crippen molar-refractivity contribution >= 4 is 0 Å². The van der Waals surface area contributed by atoms with E-state index in [-0.39, 0.29) is 0 Å². The Morgan fingerprint density at radius 3 is 2.78 bits per heavy atom. The van der Waals surface area contributed by atoms with Crippen LogP contribution in [0, 0.1) is 5.92 Å². The molecule has 104 valence electrons. The van der Waals surface area contributed by atoms with Crippen molar-refractivity contribution in [2.24, 2.45) is 5.92 Å². The van der Waals surface area contributed by atoms with Gasteiger partial charge in [0.25, 0.3) is 0 Å². The first-order valence-electron chi connectivity index (χ1n) is 7.32. The van der Waals surface area contributed by atoms with Crippen LogP contribution in [0.4, 0.5) is 0 Å². The van der Waals surface area contributed by atoms with Crippen LogP contribution in [0.3, 0.4) is 0 Å². The lowest BCUT2D eigenvalue weighted by Crippen LogP contribution is -2.15. The predicted octanol–water partition coefficient (Wildman–Crippen LogP) is 2.65.